The van der Waals surface area contributed by atoms with Gasteiger partial charge in [-0.25, -0.2) is 9.97 Å². The lowest BCUT2D eigenvalue weighted by Crippen LogP contribution is -2.05. The van der Waals surface area contributed by atoms with Gasteiger partial charge in [-0.05, 0) is 25.5 Å². The number of rotatable bonds is 5. The van der Waals surface area contributed by atoms with E-state index in [1.54, 1.807) is 18.1 Å². The molecule has 1 aromatic heterocycles. The minimum Gasteiger partial charge on any atom is -0.370 e. The summed E-state index contributed by atoms with van der Waals surface area (Å²) in [7, 11) is 0. The van der Waals surface area contributed by atoms with Crippen molar-refractivity contribution < 1.29 is 0 Å². The average molecular weight is 294 g/mol. The monoisotopic (exact) mass is 293 g/mol. The Morgan fingerprint density at radius 3 is 2.79 bits per heavy atom. The second-order valence-electron chi connectivity index (χ2n) is 4.11. The standard InChI is InChI=1S/C14H16ClN3S/c1-3-8-16-13-10(2)14(18-9-17-13)19-12-7-5-4-6-11(12)15/h4-7,9H,3,8H2,1-2H3,(H,16,17,18). The van der Waals surface area contributed by atoms with Crippen molar-refractivity contribution in [1.82, 2.24) is 9.97 Å². The molecule has 19 heavy (non-hydrogen) atoms. The molecule has 5 heteroatoms. The second-order valence-corrected chi connectivity index (χ2v) is 5.55. The molecule has 0 spiro atoms. The molecule has 1 heterocycles. The molecule has 0 atom stereocenters. The van der Waals surface area contributed by atoms with Crippen LogP contribution in [0.15, 0.2) is 40.5 Å². The molecule has 3 nitrogen and oxygen atoms in total. The van der Waals surface area contributed by atoms with Crippen LogP contribution in [0.5, 0.6) is 0 Å². The topological polar surface area (TPSA) is 37.8 Å². The van der Waals surface area contributed by atoms with E-state index >= 15 is 0 Å². The molecule has 0 aliphatic rings. The van der Waals surface area contributed by atoms with E-state index in [1.165, 1.54) is 0 Å². The van der Waals surface area contributed by atoms with Crippen LogP contribution in [0.1, 0.15) is 18.9 Å². The Balaban J connectivity index is 2.23. The number of halogens is 1. The molecule has 0 aliphatic heterocycles. The van der Waals surface area contributed by atoms with E-state index < -0.39 is 0 Å². The Bertz CT molecular complexity index is 560. The zero-order chi connectivity index (χ0) is 13.7. The minimum absolute atomic E-state index is 0.744. The van der Waals surface area contributed by atoms with Crippen LogP contribution in [0.25, 0.3) is 0 Å². The largest absolute Gasteiger partial charge is 0.370 e. The molecule has 100 valence electrons. The molecular weight excluding hydrogens is 278 g/mol. The Morgan fingerprint density at radius 1 is 1.26 bits per heavy atom. The highest BCUT2D eigenvalue weighted by molar-refractivity contribution is 7.99. The molecule has 0 aliphatic carbocycles. The van der Waals surface area contributed by atoms with E-state index in [2.05, 4.69) is 22.2 Å². The number of nitrogens with zero attached hydrogens (tertiary/aromatic N) is 2. The summed E-state index contributed by atoms with van der Waals surface area (Å²) in [6, 6.07) is 7.78. The Hall–Kier alpha value is -1.26. The summed E-state index contributed by atoms with van der Waals surface area (Å²) in [4.78, 5) is 9.62. The van der Waals surface area contributed by atoms with Crippen molar-refractivity contribution >= 4 is 29.2 Å². The first-order valence-electron chi connectivity index (χ1n) is 6.20. The van der Waals surface area contributed by atoms with Crippen LogP contribution in [0.2, 0.25) is 5.02 Å². The highest BCUT2D eigenvalue weighted by atomic mass is 35.5. The van der Waals surface area contributed by atoms with Gasteiger partial charge in [-0.3, -0.25) is 0 Å². The fourth-order valence-corrected chi connectivity index (χ4v) is 2.71. The summed E-state index contributed by atoms with van der Waals surface area (Å²) in [5, 5.41) is 4.98. The van der Waals surface area contributed by atoms with Gasteiger partial charge in [0.05, 0.1) is 5.02 Å². The Labute approximate surface area is 122 Å². The molecule has 1 N–H and O–H groups in total. The van der Waals surface area contributed by atoms with Gasteiger partial charge in [-0.15, -0.1) is 0 Å². The minimum atomic E-state index is 0.744. The summed E-state index contributed by atoms with van der Waals surface area (Å²) < 4.78 is 0. The summed E-state index contributed by atoms with van der Waals surface area (Å²) in [6.45, 7) is 5.06. The van der Waals surface area contributed by atoms with E-state index in [1.807, 2.05) is 31.2 Å². The SMILES string of the molecule is CCCNc1ncnc(Sc2ccccc2Cl)c1C. The van der Waals surface area contributed by atoms with Gasteiger partial charge in [0, 0.05) is 17.0 Å². The van der Waals surface area contributed by atoms with Gasteiger partial charge in [-0.1, -0.05) is 42.4 Å². The fourth-order valence-electron chi connectivity index (χ4n) is 1.59. The van der Waals surface area contributed by atoms with Crippen LogP contribution in [0.4, 0.5) is 5.82 Å². The predicted octanol–water partition coefficient (Wildman–Crippen LogP) is 4.41. The molecule has 0 radical (unpaired) electrons. The second kappa shape index (κ2) is 6.78. The van der Waals surface area contributed by atoms with Gasteiger partial charge >= 0.3 is 0 Å². The van der Waals surface area contributed by atoms with Gasteiger partial charge < -0.3 is 5.32 Å². The van der Waals surface area contributed by atoms with Crippen LogP contribution in [-0.2, 0) is 0 Å². The Morgan fingerprint density at radius 2 is 2.05 bits per heavy atom. The van der Waals surface area contributed by atoms with E-state index in [0.717, 1.165) is 39.3 Å². The van der Waals surface area contributed by atoms with Crippen LogP contribution in [-0.4, -0.2) is 16.5 Å². The van der Waals surface area contributed by atoms with Crippen LogP contribution >= 0.6 is 23.4 Å². The smallest absolute Gasteiger partial charge is 0.133 e. The Kier molecular flexibility index (Phi) is 5.05. The van der Waals surface area contributed by atoms with E-state index in [9.17, 15) is 0 Å². The number of anilines is 1. The van der Waals surface area contributed by atoms with Gasteiger partial charge in [-0.2, -0.15) is 0 Å². The summed E-state index contributed by atoms with van der Waals surface area (Å²) in [6.07, 6.45) is 2.65. The van der Waals surface area contributed by atoms with Gasteiger partial charge in [0.1, 0.15) is 17.2 Å². The molecule has 0 fully saturated rings. The van der Waals surface area contributed by atoms with Gasteiger partial charge in [0.25, 0.3) is 0 Å². The van der Waals surface area contributed by atoms with Crippen LogP contribution < -0.4 is 5.32 Å². The lowest BCUT2D eigenvalue weighted by Gasteiger charge is -2.10. The van der Waals surface area contributed by atoms with Crippen molar-refractivity contribution in [2.75, 3.05) is 11.9 Å². The maximum atomic E-state index is 6.17. The lowest BCUT2D eigenvalue weighted by molar-refractivity contribution is 0.938. The van der Waals surface area contributed by atoms with Gasteiger partial charge in [0.2, 0.25) is 0 Å². The molecule has 1 aromatic carbocycles. The number of aromatic nitrogens is 2. The number of hydrogen-bond acceptors (Lipinski definition) is 4. The zero-order valence-electron chi connectivity index (χ0n) is 11.0. The molecular formula is C14H16ClN3S. The zero-order valence-corrected chi connectivity index (χ0v) is 12.6. The summed E-state index contributed by atoms with van der Waals surface area (Å²) >= 11 is 7.74. The molecule has 0 saturated heterocycles. The lowest BCUT2D eigenvalue weighted by atomic mass is 10.3. The van der Waals surface area contributed by atoms with Crippen molar-refractivity contribution in [2.24, 2.45) is 0 Å². The predicted molar refractivity (Wildman–Crippen MR) is 81.1 cm³/mol. The third-order valence-electron chi connectivity index (χ3n) is 2.62. The van der Waals surface area contributed by atoms with Crippen LogP contribution in [0, 0.1) is 6.92 Å². The summed E-state index contributed by atoms with van der Waals surface area (Å²) in [5.74, 6) is 0.895. The van der Waals surface area contributed by atoms with Crippen molar-refractivity contribution in [3.05, 3.63) is 41.2 Å². The van der Waals surface area contributed by atoms with Crippen molar-refractivity contribution in [3.8, 4) is 0 Å². The third-order valence-corrected chi connectivity index (χ3v) is 4.25. The average Bonchev–Trinajstić information content (AvgIpc) is 2.42. The first-order chi connectivity index (χ1) is 9.22. The van der Waals surface area contributed by atoms with Crippen molar-refractivity contribution in [2.45, 2.75) is 30.2 Å². The first-order valence-corrected chi connectivity index (χ1v) is 7.39. The van der Waals surface area contributed by atoms with Gasteiger partial charge in [0.15, 0.2) is 0 Å². The third kappa shape index (κ3) is 3.61. The number of benzene rings is 1. The maximum absolute atomic E-state index is 6.17. The first kappa shape index (κ1) is 14.2. The van der Waals surface area contributed by atoms with E-state index in [4.69, 9.17) is 11.6 Å². The highest BCUT2D eigenvalue weighted by Crippen LogP contribution is 2.34. The van der Waals surface area contributed by atoms with E-state index in [0.29, 0.717) is 0 Å². The molecule has 2 aromatic rings. The number of hydrogen-bond donors (Lipinski definition) is 1. The molecule has 0 unspecified atom stereocenters. The maximum Gasteiger partial charge on any atom is 0.133 e. The van der Waals surface area contributed by atoms with E-state index in [-0.39, 0.29) is 0 Å². The van der Waals surface area contributed by atoms with Crippen molar-refractivity contribution in [3.63, 3.8) is 0 Å². The fraction of sp³-hybridized carbons (Fsp3) is 0.286. The van der Waals surface area contributed by atoms with Crippen LogP contribution in [0.3, 0.4) is 0 Å². The molecule has 0 saturated carbocycles. The van der Waals surface area contributed by atoms with Crippen molar-refractivity contribution in [1.29, 1.82) is 0 Å². The quantitative estimate of drug-likeness (QED) is 0.829. The normalized spacial score (nSPS) is 10.5. The molecule has 0 bridgehead atoms. The molecule has 0 amide bonds. The number of nitrogens with one attached hydrogen (secondary N) is 1. The molecule has 2 rings (SSSR count). The summed E-state index contributed by atoms with van der Waals surface area (Å²) in [5.41, 5.74) is 1.06. The highest BCUT2D eigenvalue weighted by Gasteiger charge is 2.09.